The van der Waals surface area contributed by atoms with E-state index >= 15 is 0 Å². The fraction of sp³-hybridized carbons (Fsp3) is 0.310. The lowest BCUT2D eigenvalue weighted by Gasteiger charge is -2.28. The molecular weight excluding hydrogens is 584 g/mol. The monoisotopic (exact) mass is 634 g/mol. The zero-order valence-corrected chi connectivity index (χ0v) is 28.5. The van der Waals surface area contributed by atoms with Crippen LogP contribution in [0.5, 0.6) is 0 Å². The van der Waals surface area contributed by atoms with Gasteiger partial charge in [0.1, 0.15) is 6.10 Å². The molecule has 3 aromatic carbocycles. The number of rotatable bonds is 19. The van der Waals surface area contributed by atoms with Gasteiger partial charge in [-0.15, -0.1) is 0 Å². The molecule has 0 radical (unpaired) electrons. The van der Waals surface area contributed by atoms with Gasteiger partial charge in [0.05, 0.1) is 38.6 Å². The molecule has 5 heteroatoms. The standard InChI is InChI=1S/C42H50O5/c1-6-44-42(43)26-25-35(4)27-33(2)17-16-18-34(3)28-40(46-31-38-21-12-8-13-22-38)41(47-32-39-23-14-9-15-24-39)29-36(5)45-30-37-19-10-7-11-20-37/h7-28,36,40-41H,6,29-32H2,1-5H3/b18-16+,26-25+,33-17+,34-28+,35-27-/t36-,40+,41+/m1/s1. The van der Waals surface area contributed by atoms with Crippen molar-refractivity contribution < 1.29 is 23.7 Å². The molecule has 0 fully saturated rings. The average Bonchev–Trinajstić information content (AvgIpc) is 3.08. The SMILES string of the molecule is CCOC(=O)/C=C/C(C)=C\C(C)=C\C=C\C(C)=C\[C@H](OCc1ccccc1)[C@H](C[C@@H](C)OCc1ccccc1)OCc1ccccc1. The molecule has 248 valence electrons. The Hall–Kier alpha value is -4.29. The second kappa shape index (κ2) is 21.5. The zero-order chi connectivity index (χ0) is 33.7. The van der Waals surface area contributed by atoms with Crippen molar-refractivity contribution in [2.24, 2.45) is 0 Å². The average molecular weight is 635 g/mol. The minimum Gasteiger partial charge on any atom is -0.463 e. The van der Waals surface area contributed by atoms with Crippen molar-refractivity contribution in [2.45, 2.75) is 79.2 Å². The lowest BCUT2D eigenvalue weighted by atomic mass is 10.0. The highest BCUT2D eigenvalue weighted by Gasteiger charge is 2.25. The second-order valence-electron chi connectivity index (χ2n) is 11.6. The summed E-state index contributed by atoms with van der Waals surface area (Å²) in [4.78, 5) is 11.6. The van der Waals surface area contributed by atoms with Crippen LogP contribution >= 0.6 is 0 Å². The van der Waals surface area contributed by atoms with Crippen molar-refractivity contribution in [3.8, 4) is 0 Å². The molecule has 0 aliphatic heterocycles. The third-order valence-electron chi connectivity index (χ3n) is 7.27. The van der Waals surface area contributed by atoms with Crippen molar-refractivity contribution in [1.82, 2.24) is 0 Å². The molecule has 3 atom stereocenters. The largest absolute Gasteiger partial charge is 0.463 e. The first-order valence-electron chi connectivity index (χ1n) is 16.4. The van der Waals surface area contributed by atoms with Gasteiger partial charge in [-0.25, -0.2) is 4.79 Å². The number of carbonyl (C=O) groups is 1. The lowest BCUT2D eigenvalue weighted by molar-refractivity contribution is -0.137. The smallest absolute Gasteiger partial charge is 0.330 e. The Morgan fingerprint density at radius 3 is 1.74 bits per heavy atom. The minimum absolute atomic E-state index is 0.0541. The van der Waals surface area contributed by atoms with Gasteiger partial charge in [-0.2, -0.15) is 0 Å². The third-order valence-corrected chi connectivity index (χ3v) is 7.27. The van der Waals surface area contributed by atoms with E-state index in [9.17, 15) is 4.79 Å². The Labute approximate surface area is 281 Å². The molecule has 3 rings (SSSR count). The summed E-state index contributed by atoms with van der Waals surface area (Å²) < 4.78 is 24.4. The number of ether oxygens (including phenoxy) is 4. The Morgan fingerprint density at radius 2 is 1.19 bits per heavy atom. The summed E-state index contributed by atoms with van der Waals surface area (Å²) in [7, 11) is 0. The third kappa shape index (κ3) is 15.7. The van der Waals surface area contributed by atoms with Crippen molar-refractivity contribution in [2.75, 3.05) is 6.61 Å². The normalized spacial score (nSPS) is 14.8. The molecule has 0 spiro atoms. The van der Waals surface area contributed by atoms with Gasteiger partial charge in [-0.1, -0.05) is 144 Å². The quantitative estimate of drug-likeness (QED) is 0.0747. The number of hydrogen-bond acceptors (Lipinski definition) is 5. The Balaban J connectivity index is 1.79. The van der Waals surface area contributed by atoms with E-state index in [2.05, 4.69) is 62.4 Å². The van der Waals surface area contributed by atoms with Crippen molar-refractivity contribution >= 4 is 5.97 Å². The van der Waals surface area contributed by atoms with Gasteiger partial charge in [-0.3, -0.25) is 0 Å². The van der Waals surface area contributed by atoms with Crippen LogP contribution < -0.4 is 0 Å². The molecule has 0 heterocycles. The van der Waals surface area contributed by atoms with Gasteiger partial charge in [-0.05, 0) is 51.3 Å². The van der Waals surface area contributed by atoms with E-state index in [1.54, 1.807) is 13.0 Å². The molecule has 47 heavy (non-hydrogen) atoms. The maximum absolute atomic E-state index is 11.6. The summed E-state index contributed by atoms with van der Waals surface area (Å²) in [6, 6.07) is 30.7. The van der Waals surface area contributed by atoms with Crippen LogP contribution in [0, 0.1) is 0 Å². The number of hydrogen-bond donors (Lipinski definition) is 0. The summed E-state index contributed by atoms with van der Waals surface area (Å²) in [5.74, 6) is -0.338. The highest BCUT2D eigenvalue weighted by Crippen LogP contribution is 2.21. The Bertz CT molecular complexity index is 1470. The topological polar surface area (TPSA) is 54.0 Å². The lowest BCUT2D eigenvalue weighted by Crippen LogP contribution is -2.34. The van der Waals surface area contributed by atoms with E-state index in [1.807, 2.05) is 86.7 Å². The molecule has 0 aliphatic rings. The van der Waals surface area contributed by atoms with Crippen LogP contribution in [0.15, 0.2) is 150 Å². The number of allylic oxidation sites excluding steroid dienone is 8. The van der Waals surface area contributed by atoms with Gasteiger partial charge < -0.3 is 18.9 Å². The zero-order valence-electron chi connectivity index (χ0n) is 28.5. The predicted molar refractivity (Wildman–Crippen MR) is 192 cm³/mol. The molecule has 0 saturated carbocycles. The van der Waals surface area contributed by atoms with E-state index in [0.717, 1.165) is 33.4 Å². The maximum atomic E-state index is 11.6. The second-order valence-corrected chi connectivity index (χ2v) is 11.6. The Kier molecular flexibility index (Phi) is 17.0. The molecular formula is C42H50O5. The van der Waals surface area contributed by atoms with E-state index in [-0.39, 0.29) is 24.3 Å². The van der Waals surface area contributed by atoms with Crippen LogP contribution in [0.1, 0.15) is 57.7 Å². The van der Waals surface area contributed by atoms with Crippen molar-refractivity contribution in [1.29, 1.82) is 0 Å². The summed E-state index contributed by atoms with van der Waals surface area (Å²) in [5.41, 5.74) is 6.43. The summed E-state index contributed by atoms with van der Waals surface area (Å²) >= 11 is 0. The molecule has 5 nitrogen and oxygen atoms in total. The van der Waals surface area contributed by atoms with Crippen LogP contribution in [-0.4, -0.2) is 30.9 Å². The van der Waals surface area contributed by atoms with Gasteiger partial charge in [0.25, 0.3) is 0 Å². The minimum atomic E-state index is -0.338. The van der Waals surface area contributed by atoms with E-state index in [4.69, 9.17) is 18.9 Å². The fourth-order valence-electron chi connectivity index (χ4n) is 4.82. The molecule has 0 unspecified atom stereocenters. The number of carbonyl (C=O) groups excluding carboxylic acids is 1. The first-order valence-corrected chi connectivity index (χ1v) is 16.4. The summed E-state index contributed by atoms with van der Waals surface area (Å²) in [5, 5.41) is 0. The van der Waals surface area contributed by atoms with Crippen LogP contribution in [0.25, 0.3) is 0 Å². The van der Waals surface area contributed by atoms with Crippen LogP contribution in [0.4, 0.5) is 0 Å². The van der Waals surface area contributed by atoms with Crippen LogP contribution in [0.2, 0.25) is 0 Å². The van der Waals surface area contributed by atoms with E-state index < -0.39 is 0 Å². The van der Waals surface area contributed by atoms with E-state index in [0.29, 0.717) is 32.8 Å². The Morgan fingerprint density at radius 1 is 0.660 bits per heavy atom. The molecule has 3 aromatic rings. The summed E-state index contributed by atoms with van der Waals surface area (Å²) in [6.07, 6.45) is 13.6. The molecule has 0 aromatic heterocycles. The fourth-order valence-corrected chi connectivity index (χ4v) is 4.82. The van der Waals surface area contributed by atoms with E-state index in [1.165, 1.54) is 6.08 Å². The molecule has 0 aliphatic carbocycles. The molecule has 0 saturated heterocycles. The van der Waals surface area contributed by atoms with Crippen molar-refractivity contribution in [3.63, 3.8) is 0 Å². The molecule has 0 bridgehead atoms. The first-order chi connectivity index (χ1) is 22.8. The molecule has 0 amide bonds. The van der Waals surface area contributed by atoms with Crippen LogP contribution in [0.3, 0.4) is 0 Å². The van der Waals surface area contributed by atoms with Gasteiger partial charge in [0.2, 0.25) is 0 Å². The highest BCUT2D eigenvalue weighted by atomic mass is 16.5. The van der Waals surface area contributed by atoms with Crippen molar-refractivity contribution in [3.05, 3.63) is 167 Å². The van der Waals surface area contributed by atoms with Gasteiger partial charge in [0, 0.05) is 12.5 Å². The predicted octanol–water partition coefficient (Wildman–Crippen LogP) is 9.67. The highest BCUT2D eigenvalue weighted by molar-refractivity contribution is 5.82. The number of benzene rings is 3. The van der Waals surface area contributed by atoms with Gasteiger partial charge in [0.15, 0.2) is 0 Å². The van der Waals surface area contributed by atoms with Crippen LogP contribution in [-0.2, 0) is 43.6 Å². The van der Waals surface area contributed by atoms with Gasteiger partial charge >= 0.3 is 5.97 Å². The summed E-state index contributed by atoms with van der Waals surface area (Å²) in [6.45, 7) is 11.8. The molecule has 0 N–H and O–H groups in total. The number of esters is 1. The maximum Gasteiger partial charge on any atom is 0.330 e. The first kappa shape index (κ1) is 37.2.